The lowest BCUT2D eigenvalue weighted by molar-refractivity contribution is -0.123. The van der Waals surface area contributed by atoms with E-state index in [0.29, 0.717) is 17.3 Å². The molecule has 0 aromatic heterocycles. The van der Waals surface area contributed by atoms with Gasteiger partial charge in [-0.2, -0.15) is 0 Å². The molecule has 1 aliphatic rings. The molecule has 1 atom stereocenters. The van der Waals surface area contributed by atoms with E-state index in [-0.39, 0.29) is 23.5 Å². The number of nitrogens with one attached hydrogen (secondary N) is 2. The molecule has 2 amide bonds. The second-order valence-electron chi connectivity index (χ2n) is 3.91. The van der Waals surface area contributed by atoms with Gasteiger partial charge in [-0.1, -0.05) is 17.7 Å². The fourth-order valence-corrected chi connectivity index (χ4v) is 2.86. The van der Waals surface area contributed by atoms with Crippen LogP contribution < -0.4 is 10.6 Å². The molecular formula is C12H13ClN2O2S. The Morgan fingerprint density at radius 3 is 3.11 bits per heavy atom. The minimum atomic E-state index is -0.294. The number of thioether (sulfide) groups is 1. The normalized spacial score (nSPS) is 19.2. The van der Waals surface area contributed by atoms with Crippen LogP contribution in [0.25, 0.3) is 0 Å². The lowest BCUT2D eigenvalue weighted by Crippen LogP contribution is -2.40. The van der Waals surface area contributed by atoms with E-state index in [1.54, 1.807) is 24.3 Å². The van der Waals surface area contributed by atoms with Gasteiger partial charge < -0.3 is 10.6 Å². The van der Waals surface area contributed by atoms with Crippen LogP contribution in [0.1, 0.15) is 6.42 Å². The molecule has 0 spiro atoms. The molecule has 1 aromatic rings. The van der Waals surface area contributed by atoms with Crippen LogP contribution in [0.15, 0.2) is 24.3 Å². The average molecular weight is 285 g/mol. The van der Waals surface area contributed by atoms with Crippen molar-refractivity contribution in [2.24, 2.45) is 0 Å². The van der Waals surface area contributed by atoms with Gasteiger partial charge in [0.15, 0.2) is 0 Å². The van der Waals surface area contributed by atoms with E-state index in [2.05, 4.69) is 10.6 Å². The van der Waals surface area contributed by atoms with Gasteiger partial charge in [-0.05, 0) is 18.2 Å². The van der Waals surface area contributed by atoms with Gasteiger partial charge in [-0.25, -0.2) is 0 Å². The number of rotatable bonds is 3. The number of hydrogen-bond acceptors (Lipinski definition) is 3. The lowest BCUT2D eigenvalue weighted by Gasteiger charge is -2.20. The molecule has 1 saturated heterocycles. The Balaban J connectivity index is 1.90. The number of benzene rings is 1. The minimum absolute atomic E-state index is 0.0625. The molecule has 2 N–H and O–H groups in total. The number of hydrogen-bond donors (Lipinski definition) is 2. The SMILES string of the molecule is O=C(C[C@H]1SCCNC1=O)Nc1cccc(Cl)c1. The number of carbonyl (C=O) groups excluding carboxylic acids is 2. The third-order valence-corrected chi connectivity index (χ3v) is 3.95. The molecule has 1 heterocycles. The van der Waals surface area contributed by atoms with E-state index in [0.717, 1.165) is 5.75 Å². The molecule has 6 heteroatoms. The molecule has 2 rings (SSSR count). The summed E-state index contributed by atoms with van der Waals surface area (Å²) in [6.45, 7) is 0.677. The summed E-state index contributed by atoms with van der Waals surface area (Å²) in [6.07, 6.45) is 0.184. The molecule has 0 radical (unpaired) electrons. The summed E-state index contributed by atoms with van der Waals surface area (Å²) in [5.74, 6) is 0.611. The zero-order valence-corrected chi connectivity index (χ0v) is 11.2. The highest BCUT2D eigenvalue weighted by Gasteiger charge is 2.25. The van der Waals surface area contributed by atoms with Gasteiger partial charge in [-0.3, -0.25) is 9.59 Å². The summed E-state index contributed by atoms with van der Waals surface area (Å²) in [5, 5.41) is 5.76. The fraction of sp³-hybridized carbons (Fsp3) is 0.333. The molecule has 96 valence electrons. The average Bonchev–Trinajstić information content (AvgIpc) is 2.32. The van der Waals surface area contributed by atoms with Gasteiger partial charge in [0.25, 0.3) is 0 Å². The second-order valence-corrected chi connectivity index (χ2v) is 5.66. The Bertz CT molecular complexity index is 467. The van der Waals surface area contributed by atoms with Crippen LogP contribution in [0.4, 0.5) is 5.69 Å². The van der Waals surface area contributed by atoms with Crippen molar-refractivity contribution in [1.82, 2.24) is 5.32 Å². The van der Waals surface area contributed by atoms with E-state index < -0.39 is 0 Å². The fourth-order valence-electron chi connectivity index (χ4n) is 1.66. The Hall–Kier alpha value is -1.20. The van der Waals surface area contributed by atoms with Crippen LogP contribution >= 0.6 is 23.4 Å². The third-order valence-electron chi connectivity index (χ3n) is 2.49. The Morgan fingerprint density at radius 2 is 2.39 bits per heavy atom. The van der Waals surface area contributed by atoms with Crippen LogP contribution in [-0.4, -0.2) is 29.4 Å². The highest BCUT2D eigenvalue weighted by atomic mass is 35.5. The van der Waals surface area contributed by atoms with Gasteiger partial charge in [0.1, 0.15) is 0 Å². The summed E-state index contributed by atoms with van der Waals surface area (Å²) in [7, 11) is 0. The van der Waals surface area contributed by atoms with Gasteiger partial charge in [0.2, 0.25) is 11.8 Å². The van der Waals surface area contributed by atoms with E-state index in [1.807, 2.05) is 0 Å². The first-order valence-corrected chi connectivity index (χ1v) is 7.02. The Labute approximate surface area is 114 Å². The van der Waals surface area contributed by atoms with Gasteiger partial charge >= 0.3 is 0 Å². The number of carbonyl (C=O) groups is 2. The van der Waals surface area contributed by atoms with Gasteiger partial charge in [0.05, 0.1) is 5.25 Å². The minimum Gasteiger partial charge on any atom is -0.354 e. The van der Waals surface area contributed by atoms with Crippen molar-refractivity contribution in [2.75, 3.05) is 17.6 Å². The van der Waals surface area contributed by atoms with Crippen LogP contribution in [-0.2, 0) is 9.59 Å². The van der Waals surface area contributed by atoms with Gasteiger partial charge in [-0.15, -0.1) is 11.8 Å². The summed E-state index contributed by atoms with van der Waals surface area (Å²) in [6, 6.07) is 6.94. The highest BCUT2D eigenvalue weighted by Crippen LogP contribution is 2.20. The predicted octanol–water partition coefficient (Wildman–Crippen LogP) is 1.90. The monoisotopic (exact) mass is 284 g/mol. The van der Waals surface area contributed by atoms with Crippen LogP contribution in [0, 0.1) is 0 Å². The van der Waals surface area contributed by atoms with Crippen LogP contribution in [0.3, 0.4) is 0 Å². The van der Waals surface area contributed by atoms with Crippen molar-refractivity contribution in [3.05, 3.63) is 29.3 Å². The van der Waals surface area contributed by atoms with Crippen molar-refractivity contribution >= 4 is 40.9 Å². The summed E-state index contributed by atoms with van der Waals surface area (Å²) >= 11 is 7.34. The molecule has 0 bridgehead atoms. The maximum Gasteiger partial charge on any atom is 0.233 e. The zero-order valence-electron chi connectivity index (χ0n) is 9.61. The van der Waals surface area contributed by atoms with E-state index in [4.69, 9.17) is 11.6 Å². The Kier molecular flexibility index (Phi) is 4.49. The quantitative estimate of drug-likeness (QED) is 0.891. The van der Waals surface area contributed by atoms with Gasteiger partial charge in [0, 0.05) is 29.4 Å². The first-order chi connectivity index (χ1) is 8.65. The molecule has 0 saturated carbocycles. The second kappa shape index (κ2) is 6.11. The molecule has 0 unspecified atom stereocenters. The third kappa shape index (κ3) is 3.65. The molecule has 18 heavy (non-hydrogen) atoms. The lowest BCUT2D eigenvalue weighted by atomic mass is 10.2. The maximum absolute atomic E-state index is 11.8. The van der Waals surface area contributed by atoms with E-state index in [9.17, 15) is 9.59 Å². The molecule has 1 fully saturated rings. The highest BCUT2D eigenvalue weighted by molar-refractivity contribution is 8.00. The van der Waals surface area contributed by atoms with Crippen molar-refractivity contribution in [3.8, 4) is 0 Å². The van der Waals surface area contributed by atoms with Crippen LogP contribution in [0.5, 0.6) is 0 Å². The van der Waals surface area contributed by atoms with E-state index >= 15 is 0 Å². The smallest absolute Gasteiger partial charge is 0.233 e. The van der Waals surface area contributed by atoms with Crippen LogP contribution in [0.2, 0.25) is 5.02 Å². The molecule has 1 aliphatic heterocycles. The first-order valence-electron chi connectivity index (χ1n) is 5.60. The molecule has 0 aliphatic carbocycles. The van der Waals surface area contributed by atoms with Crippen molar-refractivity contribution < 1.29 is 9.59 Å². The number of anilines is 1. The van der Waals surface area contributed by atoms with Crippen molar-refractivity contribution in [1.29, 1.82) is 0 Å². The summed E-state index contributed by atoms with van der Waals surface area (Å²) in [4.78, 5) is 23.3. The largest absolute Gasteiger partial charge is 0.354 e. The number of amides is 2. The van der Waals surface area contributed by atoms with Crippen molar-refractivity contribution in [2.45, 2.75) is 11.7 Å². The number of halogens is 1. The Morgan fingerprint density at radius 1 is 1.56 bits per heavy atom. The zero-order chi connectivity index (χ0) is 13.0. The molecule has 4 nitrogen and oxygen atoms in total. The summed E-state index contributed by atoms with van der Waals surface area (Å²) in [5.41, 5.74) is 0.647. The maximum atomic E-state index is 11.8. The first kappa shape index (κ1) is 13.2. The standard InChI is InChI=1S/C12H13ClN2O2S/c13-8-2-1-3-9(6-8)15-11(16)7-10-12(17)14-4-5-18-10/h1-3,6,10H,4-5,7H2,(H,14,17)(H,15,16)/t10-/m1/s1. The predicted molar refractivity (Wildman–Crippen MR) is 74.0 cm³/mol. The van der Waals surface area contributed by atoms with Crippen molar-refractivity contribution in [3.63, 3.8) is 0 Å². The van der Waals surface area contributed by atoms with E-state index in [1.165, 1.54) is 11.8 Å². The molecule has 1 aromatic carbocycles. The summed E-state index contributed by atoms with van der Waals surface area (Å²) < 4.78 is 0. The molecular weight excluding hydrogens is 272 g/mol. The topological polar surface area (TPSA) is 58.2 Å².